The van der Waals surface area contributed by atoms with Gasteiger partial charge in [-0.05, 0) is 6.07 Å². The Kier molecular flexibility index (Phi) is 4.74. The second-order valence-electron chi connectivity index (χ2n) is 5.51. The third-order valence-electron chi connectivity index (χ3n) is 3.87. The molecule has 2 aromatic heterocycles. The number of hydrogen-bond donors (Lipinski definition) is 5. The molecule has 0 saturated carbocycles. The van der Waals surface area contributed by atoms with Gasteiger partial charge in [0, 0.05) is 12.1 Å². The normalized spacial score (nSPS) is 27.2. The van der Waals surface area contributed by atoms with Gasteiger partial charge in [0.2, 0.25) is 0 Å². The van der Waals surface area contributed by atoms with E-state index in [0.29, 0.717) is 16.9 Å². The van der Waals surface area contributed by atoms with Gasteiger partial charge in [0.05, 0.1) is 5.39 Å². The fourth-order valence-corrected chi connectivity index (χ4v) is 2.71. The number of nitrogens with two attached hydrogens (primary N) is 1. The van der Waals surface area contributed by atoms with Crippen LogP contribution >= 0.6 is 0 Å². The fourth-order valence-electron chi connectivity index (χ4n) is 2.71. The maximum atomic E-state index is 12.2. The first-order valence-electron chi connectivity index (χ1n) is 7.30. The molecule has 1 aliphatic heterocycles. The van der Waals surface area contributed by atoms with E-state index < -0.39 is 36.8 Å². The molecule has 3 heterocycles. The van der Waals surface area contributed by atoms with E-state index in [9.17, 15) is 28.5 Å². The topological polar surface area (TPSA) is 139 Å². The van der Waals surface area contributed by atoms with E-state index in [0.717, 1.165) is 5.92 Å². The Balaban J connectivity index is 1.90. The van der Waals surface area contributed by atoms with Crippen LogP contribution in [0, 0.1) is 11.8 Å². The number of ether oxygens (including phenoxy) is 1. The number of hydrogen-bond acceptors (Lipinski definition) is 8. The highest BCUT2D eigenvalue weighted by Gasteiger charge is 2.47. The summed E-state index contributed by atoms with van der Waals surface area (Å²) >= 11 is 0. The number of nitrogen functional groups attached to an aromatic ring is 1. The van der Waals surface area contributed by atoms with Crippen molar-refractivity contribution < 1.29 is 33.2 Å². The molecule has 0 aliphatic carbocycles. The van der Waals surface area contributed by atoms with Crippen molar-refractivity contribution in [2.75, 3.05) is 5.43 Å². The van der Waals surface area contributed by atoms with E-state index in [2.05, 4.69) is 15.4 Å². The maximum absolute atomic E-state index is 12.2. The minimum absolute atomic E-state index is 0.292. The third-order valence-corrected chi connectivity index (χ3v) is 3.87. The van der Waals surface area contributed by atoms with Gasteiger partial charge < -0.3 is 30.0 Å². The SMILES string of the molecule is NNc1ncnc2c1ccn2[C@@H]1O[C@H](C(O)C#CC(F)(F)F)[C@@H](O)[C@H]1O. The Bertz CT molecular complexity index is 862. The lowest BCUT2D eigenvalue weighted by Gasteiger charge is -2.17. The molecule has 1 saturated heterocycles. The summed E-state index contributed by atoms with van der Waals surface area (Å²) in [7, 11) is 0. The van der Waals surface area contributed by atoms with E-state index in [4.69, 9.17) is 10.6 Å². The van der Waals surface area contributed by atoms with Gasteiger partial charge in [-0.2, -0.15) is 13.2 Å². The lowest BCUT2D eigenvalue weighted by atomic mass is 10.1. The summed E-state index contributed by atoms with van der Waals surface area (Å²) in [6, 6.07) is 1.57. The van der Waals surface area contributed by atoms with Crippen molar-refractivity contribution in [2.24, 2.45) is 5.84 Å². The zero-order valence-corrected chi connectivity index (χ0v) is 12.9. The molecule has 0 bridgehead atoms. The highest BCUT2D eigenvalue weighted by atomic mass is 19.4. The van der Waals surface area contributed by atoms with E-state index in [1.165, 1.54) is 17.1 Å². The van der Waals surface area contributed by atoms with Crippen LogP contribution in [0.5, 0.6) is 0 Å². The van der Waals surface area contributed by atoms with Gasteiger partial charge in [-0.15, -0.1) is 0 Å². The molecular weight excluding hydrogens is 359 g/mol. The summed E-state index contributed by atoms with van der Waals surface area (Å²) < 4.78 is 43.2. The monoisotopic (exact) mass is 373 g/mol. The number of halogens is 3. The van der Waals surface area contributed by atoms with Crippen molar-refractivity contribution >= 4 is 16.9 Å². The molecule has 0 aromatic carbocycles. The number of aliphatic hydroxyl groups excluding tert-OH is 3. The van der Waals surface area contributed by atoms with Crippen LogP contribution < -0.4 is 11.3 Å². The zero-order chi connectivity index (χ0) is 19.1. The molecule has 2 aromatic rings. The van der Waals surface area contributed by atoms with Gasteiger partial charge >= 0.3 is 6.18 Å². The molecular formula is C14H14F3N5O4. The van der Waals surface area contributed by atoms with E-state index in [1.807, 2.05) is 0 Å². The van der Waals surface area contributed by atoms with Crippen molar-refractivity contribution in [3.05, 3.63) is 18.6 Å². The highest BCUT2D eigenvalue weighted by molar-refractivity contribution is 5.87. The summed E-state index contributed by atoms with van der Waals surface area (Å²) in [5.41, 5.74) is 2.66. The molecule has 12 heteroatoms. The molecule has 26 heavy (non-hydrogen) atoms. The Morgan fingerprint density at radius 2 is 2.04 bits per heavy atom. The first-order valence-corrected chi connectivity index (χ1v) is 7.30. The Morgan fingerprint density at radius 1 is 1.31 bits per heavy atom. The van der Waals surface area contributed by atoms with E-state index in [1.54, 1.807) is 12.0 Å². The van der Waals surface area contributed by atoms with Crippen LogP contribution in [0.1, 0.15) is 6.23 Å². The zero-order valence-electron chi connectivity index (χ0n) is 12.9. The largest absolute Gasteiger partial charge is 0.457 e. The average Bonchev–Trinajstić information content (AvgIpc) is 3.14. The quantitative estimate of drug-likeness (QED) is 0.269. The maximum Gasteiger partial charge on any atom is 0.457 e. The van der Waals surface area contributed by atoms with Crippen molar-refractivity contribution in [1.29, 1.82) is 0 Å². The molecule has 1 fully saturated rings. The fraction of sp³-hybridized carbons (Fsp3) is 0.429. The van der Waals surface area contributed by atoms with Crippen LogP contribution in [-0.2, 0) is 4.74 Å². The predicted octanol–water partition coefficient (Wildman–Crippen LogP) is -0.737. The van der Waals surface area contributed by atoms with Crippen LogP contribution in [-0.4, -0.2) is 60.4 Å². The number of aromatic nitrogens is 3. The third kappa shape index (κ3) is 3.30. The first-order chi connectivity index (χ1) is 12.2. The van der Waals surface area contributed by atoms with Crippen molar-refractivity contribution in [3.63, 3.8) is 0 Å². The van der Waals surface area contributed by atoms with E-state index >= 15 is 0 Å². The molecule has 0 spiro atoms. The predicted molar refractivity (Wildman–Crippen MR) is 81.1 cm³/mol. The van der Waals surface area contributed by atoms with Crippen LogP contribution in [0.2, 0.25) is 0 Å². The van der Waals surface area contributed by atoms with Gasteiger partial charge in [0.25, 0.3) is 0 Å². The molecule has 1 unspecified atom stereocenters. The highest BCUT2D eigenvalue weighted by Crippen LogP contribution is 2.34. The number of nitrogens with one attached hydrogen (secondary N) is 1. The van der Waals surface area contributed by atoms with Crippen LogP contribution in [0.4, 0.5) is 19.0 Å². The van der Waals surface area contributed by atoms with Crippen LogP contribution in [0.15, 0.2) is 18.6 Å². The Morgan fingerprint density at radius 3 is 2.69 bits per heavy atom. The Labute approximate surface area is 144 Å². The van der Waals surface area contributed by atoms with Crippen LogP contribution in [0.25, 0.3) is 11.0 Å². The summed E-state index contributed by atoms with van der Waals surface area (Å²) in [5, 5.41) is 30.5. The number of anilines is 1. The van der Waals surface area contributed by atoms with Crippen molar-refractivity contribution in [3.8, 4) is 11.8 Å². The standard InChI is InChI=1S/C14H14F3N5O4/c15-14(16,17)3-1-7(23)10-8(24)9(25)13(26-10)22-4-2-6-11(21-18)19-5-20-12(6)22/h2,4-5,7-10,13,23-25H,18H2,(H,19,20,21)/t7?,8-,9+,10+,13+/m0/s1. The smallest absolute Gasteiger partial charge is 0.387 e. The second-order valence-corrected chi connectivity index (χ2v) is 5.51. The second kappa shape index (κ2) is 6.71. The van der Waals surface area contributed by atoms with Gasteiger partial charge in [-0.1, -0.05) is 5.92 Å². The van der Waals surface area contributed by atoms with Gasteiger partial charge in [-0.3, -0.25) is 0 Å². The molecule has 6 N–H and O–H groups in total. The lowest BCUT2D eigenvalue weighted by Crippen LogP contribution is -2.38. The summed E-state index contributed by atoms with van der Waals surface area (Å²) in [6.45, 7) is 0. The first kappa shape index (κ1) is 18.4. The average molecular weight is 373 g/mol. The molecule has 140 valence electrons. The number of aliphatic hydroxyl groups is 3. The van der Waals surface area contributed by atoms with Crippen LogP contribution in [0.3, 0.4) is 0 Å². The lowest BCUT2D eigenvalue weighted by molar-refractivity contribution is -0.0744. The number of rotatable bonds is 3. The molecule has 0 amide bonds. The number of fused-ring (bicyclic) bond motifs is 1. The van der Waals surface area contributed by atoms with Crippen molar-refractivity contribution in [1.82, 2.24) is 14.5 Å². The molecule has 0 radical (unpaired) electrons. The van der Waals surface area contributed by atoms with Gasteiger partial charge in [0.1, 0.15) is 36.4 Å². The minimum Gasteiger partial charge on any atom is -0.387 e. The number of alkyl halides is 3. The van der Waals surface area contributed by atoms with E-state index in [-0.39, 0.29) is 0 Å². The molecule has 1 aliphatic rings. The van der Waals surface area contributed by atoms with Gasteiger partial charge in [-0.25, -0.2) is 15.8 Å². The Hall–Kier alpha value is -2.43. The van der Waals surface area contributed by atoms with Gasteiger partial charge in [0.15, 0.2) is 12.0 Å². The minimum atomic E-state index is -4.80. The number of nitrogens with zero attached hydrogens (tertiary/aromatic N) is 3. The molecule has 3 rings (SSSR count). The molecule has 5 atom stereocenters. The number of hydrazine groups is 1. The molecule has 9 nitrogen and oxygen atoms in total. The van der Waals surface area contributed by atoms with Crippen molar-refractivity contribution in [2.45, 2.75) is 36.8 Å². The summed E-state index contributed by atoms with van der Waals surface area (Å²) in [6.07, 6.45) is -10.0. The summed E-state index contributed by atoms with van der Waals surface area (Å²) in [4.78, 5) is 7.95. The summed E-state index contributed by atoms with van der Waals surface area (Å²) in [5.74, 6) is 8.11.